The number of carbonyl (C=O) groups is 1. The molecule has 0 aliphatic carbocycles. The molecule has 0 N–H and O–H groups in total. The Hall–Kier alpha value is -0.880. The van der Waals surface area contributed by atoms with Gasteiger partial charge in [-0.25, -0.2) is 0 Å². The Kier molecular flexibility index (Phi) is 4.77. The minimum absolute atomic E-state index is 0.0365. The fraction of sp³-hybridized carbons (Fsp3) is 0.667. The van der Waals surface area contributed by atoms with E-state index in [1.807, 2.05) is 4.90 Å². The van der Waals surface area contributed by atoms with Gasteiger partial charge in [0, 0.05) is 31.5 Å². The molecule has 1 aromatic heterocycles. The number of hydrogen-bond acceptors (Lipinski definition) is 4. The molecule has 0 radical (unpaired) electrons. The molecule has 18 heavy (non-hydrogen) atoms. The van der Waals surface area contributed by atoms with Crippen LogP contribution in [0.25, 0.3) is 0 Å². The summed E-state index contributed by atoms with van der Waals surface area (Å²) in [5.74, 6) is 0.635. The molecule has 0 bridgehead atoms. The zero-order valence-electron chi connectivity index (χ0n) is 10.6. The van der Waals surface area contributed by atoms with Gasteiger partial charge in [-0.1, -0.05) is 21.1 Å². The number of aryl methyl sites for hydroxylation is 1. The van der Waals surface area contributed by atoms with Crippen LogP contribution in [0.15, 0.2) is 10.7 Å². The number of rotatable bonds is 3. The van der Waals surface area contributed by atoms with Crippen LogP contribution < -0.4 is 0 Å². The quantitative estimate of drug-likeness (QED) is 0.794. The molecule has 0 saturated carbocycles. The third-order valence-corrected chi connectivity index (χ3v) is 3.61. The van der Waals surface area contributed by atoms with Crippen LogP contribution in [-0.4, -0.2) is 58.9 Å². The second kappa shape index (κ2) is 6.33. The Labute approximate surface area is 115 Å². The first-order chi connectivity index (χ1) is 8.72. The van der Waals surface area contributed by atoms with Crippen LogP contribution in [0.4, 0.5) is 0 Å². The molecule has 1 saturated heterocycles. The van der Waals surface area contributed by atoms with E-state index < -0.39 is 0 Å². The van der Waals surface area contributed by atoms with Crippen molar-refractivity contribution in [1.29, 1.82) is 0 Å². The Bertz CT molecular complexity index is 408. The normalized spacial score (nSPS) is 17.8. The van der Waals surface area contributed by atoms with Crippen LogP contribution in [0, 0.1) is 6.92 Å². The molecule has 1 aliphatic rings. The summed E-state index contributed by atoms with van der Waals surface area (Å²) < 4.78 is 4.95. The van der Waals surface area contributed by atoms with Gasteiger partial charge < -0.3 is 14.3 Å². The number of nitrogens with zero attached hydrogens (tertiary/aromatic N) is 3. The van der Waals surface area contributed by atoms with E-state index in [9.17, 15) is 4.79 Å². The van der Waals surface area contributed by atoms with Gasteiger partial charge in [0.1, 0.15) is 11.3 Å². The molecular formula is C12H18BrN3O2. The van der Waals surface area contributed by atoms with Crippen LogP contribution in [0.3, 0.4) is 0 Å². The van der Waals surface area contributed by atoms with Crippen molar-refractivity contribution in [2.24, 2.45) is 0 Å². The summed E-state index contributed by atoms with van der Waals surface area (Å²) in [6.45, 7) is 6.38. The fourth-order valence-corrected chi connectivity index (χ4v) is 2.69. The van der Waals surface area contributed by atoms with Crippen molar-refractivity contribution in [3.63, 3.8) is 0 Å². The first kappa shape index (κ1) is 13.5. The highest BCUT2D eigenvalue weighted by atomic mass is 79.9. The highest BCUT2D eigenvalue weighted by Crippen LogP contribution is 2.12. The molecule has 1 aromatic rings. The van der Waals surface area contributed by atoms with E-state index in [-0.39, 0.29) is 5.91 Å². The second-order valence-corrected chi connectivity index (χ2v) is 5.27. The van der Waals surface area contributed by atoms with Gasteiger partial charge in [-0.05, 0) is 19.9 Å². The first-order valence-electron chi connectivity index (χ1n) is 6.21. The lowest BCUT2D eigenvalue weighted by Gasteiger charge is -2.21. The molecular weight excluding hydrogens is 298 g/mol. The number of hydrogen-bond donors (Lipinski definition) is 0. The highest BCUT2D eigenvalue weighted by molar-refractivity contribution is 9.09. The maximum atomic E-state index is 12.3. The molecule has 1 amide bonds. The molecule has 2 heterocycles. The maximum absolute atomic E-state index is 12.3. The Morgan fingerprint density at radius 2 is 2.28 bits per heavy atom. The summed E-state index contributed by atoms with van der Waals surface area (Å²) in [5, 5.41) is 4.64. The van der Waals surface area contributed by atoms with Crippen molar-refractivity contribution in [1.82, 2.24) is 15.0 Å². The van der Waals surface area contributed by atoms with E-state index in [0.717, 1.165) is 44.5 Å². The van der Waals surface area contributed by atoms with Crippen LogP contribution in [0.5, 0.6) is 0 Å². The number of aromatic nitrogens is 1. The summed E-state index contributed by atoms with van der Waals surface area (Å²) in [6, 6.07) is 0. The molecule has 2 rings (SSSR count). The van der Waals surface area contributed by atoms with Crippen LogP contribution >= 0.6 is 15.9 Å². The Morgan fingerprint density at radius 3 is 2.94 bits per heavy atom. The third-order valence-electron chi connectivity index (χ3n) is 3.26. The largest absolute Gasteiger partial charge is 0.361 e. The lowest BCUT2D eigenvalue weighted by molar-refractivity contribution is 0.0760. The minimum atomic E-state index is 0.0365. The predicted molar refractivity (Wildman–Crippen MR) is 72.0 cm³/mol. The van der Waals surface area contributed by atoms with Crippen molar-refractivity contribution in [2.45, 2.75) is 13.3 Å². The average Bonchev–Trinajstić information content (AvgIpc) is 2.64. The van der Waals surface area contributed by atoms with E-state index in [4.69, 9.17) is 4.52 Å². The van der Waals surface area contributed by atoms with Gasteiger partial charge >= 0.3 is 0 Å². The molecule has 0 atom stereocenters. The maximum Gasteiger partial charge on any atom is 0.259 e. The number of alkyl halides is 1. The van der Waals surface area contributed by atoms with Crippen molar-refractivity contribution < 1.29 is 9.32 Å². The SMILES string of the molecule is Cc1oncc1C(=O)N1CCCN(CCBr)CC1. The fourth-order valence-electron chi connectivity index (χ4n) is 2.19. The van der Waals surface area contributed by atoms with Crippen LogP contribution in [-0.2, 0) is 0 Å². The van der Waals surface area contributed by atoms with Crippen molar-refractivity contribution >= 4 is 21.8 Å². The van der Waals surface area contributed by atoms with Crippen LogP contribution in [0.2, 0.25) is 0 Å². The van der Waals surface area contributed by atoms with Gasteiger partial charge in [0.15, 0.2) is 0 Å². The second-order valence-electron chi connectivity index (χ2n) is 4.47. The Morgan fingerprint density at radius 1 is 1.44 bits per heavy atom. The van der Waals surface area contributed by atoms with Gasteiger partial charge in [-0.3, -0.25) is 4.79 Å². The predicted octanol–water partition coefficient (Wildman–Crippen LogP) is 1.53. The van der Waals surface area contributed by atoms with Gasteiger partial charge in [-0.2, -0.15) is 0 Å². The monoisotopic (exact) mass is 315 g/mol. The van der Waals surface area contributed by atoms with Crippen molar-refractivity contribution in [3.8, 4) is 0 Å². The van der Waals surface area contributed by atoms with Crippen LogP contribution in [0.1, 0.15) is 22.5 Å². The summed E-state index contributed by atoms with van der Waals surface area (Å²) in [5.41, 5.74) is 0.587. The van der Waals surface area contributed by atoms with Crippen molar-refractivity contribution in [2.75, 3.05) is 38.1 Å². The van der Waals surface area contributed by atoms with E-state index in [1.54, 1.807) is 6.92 Å². The zero-order valence-corrected chi connectivity index (χ0v) is 12.1. The van der Waals surface area contributed by atoms with Crippen molar-refractivity contribution in [3.05, 3.63) is 17.5 Å². The molecule has 0 unspecified atom stereocenters. The summed E-state index contributed by atoms with van der Waals surface area (Å²) in [4.78, 5) is 16.6. The van der Waals surface area contributed by atoms with Gasteiger partial charge in [-0.15, -0.1) is 0 Å². The number of amides is 1. The molecule has 0 aromatic carbocycles. The third kappa shape index (κ3) is 3.11. The number of carbonyl (C=O) groups excluding carboxylic acids is 1. The smallest absolute Gasteiger partial charge is 0.259 e. The van der Waals surface area contributed by atoms with E-state index in [1.165, 1.54) is 6.20 Å². The van der Waals surface area contributed by atoms with E-state index >= 15 is 0 Å². The molecule has 0 spiro atoms. The lowest BCUT2D eigenvalue weighted by atomic mass is 10.2. The molecule has 6 heteroatoms. The van der Waals surface area contributed by atoms with Gasteiger partial charge in [0.05, 0.1) is 6.20 Å². The van der Waals surface area contributed by atoms with E-state index in [0.29, 0.717) is 11.3 Å². The molecule has 1 fully saturated rings. The molecule has 1 aliphatic heterocycles. The molecule has 100 valence electrons. The highest BCUT2D eigenvalue weighted by Gasteiger charge is 2.22. The summed E-state index contributed by atoms with van der Waals surface area (Å²) in [7, 11) is 0. The zero-order chi connectivity index (χ0) is 13.0. The lowest BCUT2D eigenvalue weighted by Crippen LogP contribution is -2.35. The van der Waals surface area contributed by atoms with E-state index in [2.05, 4.69) is 26.0 Å². The topological polar surface area (TPSA) is 49.6 Å². The average molecular weight is 316 g/mol. The first-order valence-corrected chi connectivity index (χ1v) is 7.33. The summed E-state index contributed by atoms with van der Waals surface area (Å²) in [6.07, 6.45) is 2.53. The van der Waals surface area contributed by atoms with Gasteiger partial charge in [0.2, 0.25) is 0 Å². The van der Waals surface area contributed by atoms with Gasteiger partial charge in [0.25, 0.3) is 5.91 Å². The molecule has 5 nitrogen and oxygen atoms in total. The summed E-state index contributed by atoms with van der Waals surface area (Å²) >= 11 is 3.45. The minimum Gasteiger partial charge on any atom is -0.361 e. The Balaban J connectivity index is 1.98. The number of halogens is 1. The standard InChI is InChI=1S/C12H18BrN3O2/c1-10-11(9-14-18-10)12(17)16-5-2-4-15(6-3-13)7-8-16/h9H,2-8H2,1H3.